The summed E-state index contributed by atoms with van der Waals surface area (Å²) in [4.78, 5) is 63.5. The highest BCUT2D eigenvalue weighted by atomic mass is 35.5. The van der Waals surface area contributed by atoms with E-state index in [1.807, 2.05) is 6.92 Å². The highest BCUT2D eigenvalue weighted by Gasteiger charge is 2.40. The summed E-state index contributed by atoms with van der Waals surface area (Å²) in [6, 6.07) is 18.8. The van der Waals surface area contributed by atoms with Crippen molar-refractivity contribution in [1.82, 2.24) is 0 Å². The van der Waals surface area contributed by atoms with Crippen molar-refractivity contribution in [1.29, 1.82) is 0 Å². The van der Waals surface area contributed by atoms with Gasteiger partial charge in [-0.05, 0) is 74.0 Å². The summed E-state index contributed by atoms with van der Waals surface area (Å²) in [6.07, 6.45) is 0.617. The first-order valence-electron chi connectivity index (χ1n) is 12.1. The lowest BCUT2D eigenvalue weighted by Gasteiger charge is -2.18. The number of halogens is 1. The van der Waals surface area contributed by atoms with Crippen LogP contribution < -0.4 is 15.5 Å². The van der Waals surface area contributed by atoms with Crippen LogP contribution in [-0.4, -0.2) is 36.1 Å². The van der Waals surface area contributed by atoms with E-state index in [1.165, 1.54) is 31.2 Å². The second-order valence-electron chi connectivity index (χ2n) is 8.58. The molecule has 0 atom stereocenters. The molecule has 0 unspecified atom stereocenters. The average Bonchev–Trinajstić information content (AvgIpc) is 3.15. The number of ether oxygens (including phenoxy) is 1. The van der Waals surface area contributed by atoms with Gasteiger partial charge in [0.25, 0.3) is 17.7 Å². The van der Waals surface area contributed by atoms with E-state index in [0.717, 1.165) is 4.90 Å². The molecule has 0 saturated carbocycles. The van der Waals surface area contributed by atoms with Crippen molar-refractivity contribution in [2.45, 2.75) is 20.3 Å². The van der Waals surface area contributed by atoms with Gasteiger partial charge in [0.15, 0.2) is 5.78 Å². The van der Waals surface area contributed by atoms with Crippen LogP contribution in [0.4, 0.5) is 17.1 Å². The average molecular weight is 546 g/mol. The fourth-order valence-corrected chi connectivity index (χ4v) is 4.00. The first-order valence-corrected chi connectivity index (χ1v) is 12.4. The summed E-state index contributed by atoms with van der Waals surface area (Å²) in [5.74, 6) is -2.63. The Kier molecular flexibility index (Phi) is 8.21. The molecule has 0 aliphatic carbocycles. The third-order valence-electron chi connectivity index (χ3n) is 5.80. The van der Waals surface area contributed by atoms with Gasteiger partial charge in [0.2, 0.25) is 0 Å². The van der Waals surface area contributed by atoms with Gasteiger partial charge >= 0.3 is 5.97 Å². The van der Waals surface area contributed by atoms with Gasteiger partial charge in [0.1, 0.15) is 10.7 Å². The van der Waals surface area contributed by atoms with Crippen LogP contribution in [-0.2, 0) is 14.3 Å². The van der Waals surface area contributed by atoms with Crippen LogP contribution in [0.25, 0.3) is 0 Å². The maximum atomic E-state index is 13.2. The van der Waals surface area contributed by atoms with Gasteiger partial charge < -0.3 is 15.4 Å². The molecule has 3 amide bonds. The largest absolute Gasteiger partial charge is 0.462 e. The molecule has 0 bridgehead atoms. The number of hydrogen-bond acceptors (Lipinski definition) is 7. The number of rotatable bonds is 9. The number of amides is 3. The third-order valence-corrected chi connectivity index (χ3v) is 6.15. The number of nitrogens with one attached hydrogen (secondary N) is 2. The molecule has 4 rings (SSSR count). The topological polar surface area (TPSA) is 122 Å². The first kappa shape index (κ1) is 27.3. The summed E-state index contributed by atoms with van der Waals surface area (Å²) >= 11 is 6.24. The maximum Gasteiger partial charge on any atom is 0.340 e. The second kappa shape index (κ2) is 11.7. The molecule has 1 aliphatic rings. The minimum Gasteiger partial charge on any atom is -0.462 e. The Balaban J connectivity index is 1.48. The predicted octanol–water partition coefficient (Wildman–Crippen LogP) is 5.14. The number of para-hydroxylation sites is 1. The molecule has 0 aromatic heterocycles. The standard InChI is InChI=1S/C29H24ClN3O6/c1-3-16-39-29(38)22-6-4-5-7-23(22)33-27(36)24(30)25(28(33)37)31-20-14-10-19(11-15-20)26(35)32-21-12-8-18(9-13-21)17(2)34/h4-15,31H,3,16H2,1-2H3,(H,32,35). The molecule has 3 aromatic carbocycles. The zero-order valence-electron chi connectivity index (χ0n) is 21.1. The van der Waals surface area contributed by atoms with Crippen molar-refractivity contribution in [3.8, 4) is 0 Å². The van der Waals surface area contributed by atoms with E-state index >= 15 is 0 Å². The van der Waals surface area contributed by atoms with E-state index in [-0.39, 0.29) is 40.3 Å². The Labute approximate surface area is 229 Å². The van der Waals surface area contributed by atoms with Crippen LogP contribution in [0.5, 0.6) is 0 Å². The highest BCUT2D eigenvalue weighted by Crippen LogP contribution is 2.32. The van der Waals surface area contributed by atoms with Crippen molar-refractivity contribution in [2.75, 3.05) is 22.1 Å². The molecule has 2 N–H and O–H groups in total. The number of esters is 1. The monoisotopic (exact) mass is 545 g/mol. The number of nitrogens with zero attached hydrogens (tertiary/aromatic N) is 1. The quantitative estimate of drug-likeness (QED) is 0.217. The lowest BCUT2D eigenvalue weighted by Crippen LogP contribution is -2.33. The van der Waals surface area contributed by atoms with Gasteiger partial charge in [-0.1, -0.05) is 30.7 Å². The minimum absolute atomic E-state index is 0.0599. The number of hydrogen-bond donors (Lipinski definition) is 2. The summed E-state index contributed by atoms with van der Waals surface area (Å²) in [7, 11) is 0. The van der Waals surface area contributed by atoms with Crippen molar-refractivity contribution < 1.29 is 28.7 Å². The van der Waals surface area contributed by atoms with Crippen molar-refractivity contribution in [3.05, 3.63) is 100 Å². The van der Waals surface area contributed by atoms with Gasteiger partial charge in [-0.25, -0.2) is 9.69 Å². The van der Waals surface area contributed by atoms with E-state index in [2.05, 4.69) is 10.6 Å². The molecule has 39 heavy (non-hydrogen) atoms. The van der Waals surface area contributed by atoms with Crippen LogP contribution in [0.3, 0.4) is 0 Å². The lowest BCUT2D eigenvalue weighted by atomic mass is 10.1. The fraction of sp³-hybridized carbons (Fsp3) is 0.138. The Hall–Kier alpha value is -4.76. The molecule has 10 heteroatoms. The summed E-state index contributed by atoms with van der Waals surface area (Å²) in [6.45, 7) is 3.51. The molecule has 9 nitrogen and oxygen atoms in total. The zero-order chi connectivity index (χ0) is 28.1. The number of anilines is 3. The van der Waals surface area contributed by atoms with Crippen LogP contribution in [0.1, 0.15) is 51.3 Å². The number of Topliss-reactive ketones (excluding diaryl/α,β-unsaturated/α-hetero) is 1. The SMILES string of the molecule is CCCOC(=O)c1ccccc1N1C(=O)C(Cl)=C(Nc2ccc(C(=O)Nc3ccc(C(C)=O)cc3)cc2)C1=O. The van der Waals surface area contributed by atoms with Crippen LogP contribution in [0, 0.1) is 0 Å². The summed E-state index contributed by atoms with van der Waals surface area (Å²) < 4.78 is 5.18. The summed E-state index contributed by atoms with van der Waals surface area (Å²) in [5, 5.41) is 5.25. The molecule has 0 radical (unpaired) electrons. The molecule has 0 spiro atoms. The Morgan fingerprint density at radius 3 is 2.10 bits per heavy atom. The zero-order valence-corrected chi connectivity index (χ0v) is 21.9. The Bertz CT molecular complexity index is 1500. The second-order valence-corrected chi connectivity index (χ2v) is 8.96. The van der Waals surface area contributed by atoms with E-state index in [9.17, 15) is 24.0 Å². The normalized spacial score (nSPS) is 12.9. The number of carbonyl (C=O) groups excluding carboxylic acids is 5. The third kappa shape index (κ3) is 5.89. The number of carbonyl (C=O) groups is 5. The Morgan fingerprint density at radius 1 is 0.846 bits per heavy atom. The smallest absolute Gasteiger partial charge is 0.340 e. The molecule has 0 fully saturated rings. The van der Waals surface area contributed by atoms with E-state index in [4.69, 9.17) is 16.3 Å². The van der Waals surface area contributed by atoms with E-state index < -0.39 is 17.8 Å². The first-order chi connectivity index (χ1) is 18.7. The van der Waals surface area contributed by atoms with Crippen molar-refractivity contribution >= 4 is 58.1 Å². The maximum absolute atomic E-state index is 13.2. The van der Waals surface area contributed by atoms with Crippen LogP contribution in [0.2, 0.25) is 0 Å². The number of ketones is 1. The lowest BCUT2D eigenvalue weighted by molar-refractivity contribution is -0.120. The van der Waals surface area contributed by atoms with Gasteiger partial charge in [-0.2, -0.15) is 0 Å². The molecular formula is C29H24ClN3O6. The van der Waals surface area contributed by atoms with Crippen molar-refractivity contribution in [3.63, 3.8) is 0 Å². The van der Waals surface area contributed by atoms with Gasteiger partial charge in [-0.3, -0.25) is 19.2 Å². The predicted molar refractivity (Wildman–Crippen MR) is 147 cm³/mol. The molecule has 1 heterocycles. The molecule has 198 valence electrons. The van der Waals surface area contributed by atoms with Gasteiger partial charge in [0.05, 0.1) is 17.9 Å². The number of imide groups is 1. The molecule has 0 saturated heterocycles. The highest BCUT2D eigenvalue weighted by molar-refractivity contribution is 6.53. The molecule has 1 aliphatic heterocycles. The van der Waals surface area contributed by atoms with Gasteiger partial charge in [0, 0.05) is 22.5 Å². The fourth-order valence-electron chi connectivity index (χ4n) is 3.78. The minimum atomic E-state index is -0.785. The Morgan fingerprint density at radius 2 is 1.46 bits per heavy atom. The number of benzene rings is 3. The molecule has 3 aromatic rings. The van der Waals surface area contributed by atoms with Crippen LogP contribution >= 0.6 is 11.6 Å². The van der Waals surface area contributed by atoms with E-state index in [1.54, 1.807) is 48.5 Å². The van der Waals surface area contributed by atoms with Crippen molar-refractivity contribution in [2.24, 2.45) is 0 Å². The molecular weight excluding hydrogens is 522 g/mol. The van der Waals surface area contributed by atoms with Gasteiger partial charge in [-0.15, -0.1) is 0 Å². The summed E-state index contributed by atoms with van der Waals surface area (Å²) in [5.41, 5.74) is 1.76. The van der Waals surface area contributed by atoms with Crippen LogP contribution in [0.15, 0.2) is 83.5 Å². The van der Waals surface area contributed by atoms with E-state index in [0.29, 0.717) is 28.9 Å².